The molecule has 2 fully saturated rings. The van der Waals surface area contributed by atoms with Crippen LogP contribution >= 0.6 is 0 Å². The van der Waals surface area contributed by atoms with Crippen molar-refractivity contribution in [1.29, 1.82) is 0 Å². The molecule has 0 saturated heterocycles. The number of ether oxygens (including phenoxy) is 1. The lowest BCUT2D eigenvalue weighted by atomic mass is 9.91. The molecule has 2 saturated carbocycles. The van der Waals surface area contributed by atoms with E-state index in [1.54, 1.807) is 24.4 Å². The van der Waals surface area contributed by atoms with Crippen LogP contribution in [0.25, 0.3) is 22.4 Å². The van der Waals surface area contributed by atoms with Gasteiger partial charge in [-0.3, -0.25) is 0 Å². The Bertz CT molecular complexity index is 1270. The number of rotatable bonds is 6. The van der Waals surface area contributed by atoms with Gasteiger partial charge in [0, 0.05) is 28.9 Å². The molecule has 8 nitrogen and oxygen atoms in total. The zero-order valence-corrected chi connectivity index (χ0v) is 21.2. The first-order chi connectivity index (χ1) is 17.7. The zero-order chi connectivity index (χ0) is 26.3. The molecule has 2 aliphatic carbocycles. The minimum Gasteiger partial charge on any atom is -0.507 e. The van der Waals surface area contributed by atoms with E-state index in [0.717, 1.165) is 25.7 Å². The number of halogens is 2. The van der Waals surface area contributed by atoms with Crippen molar-refractivity contribution in [3.8, 4) is 33.9 Å². The van der Waals surface area contributed by atoms with Crippen molar-refractivity contribution in [2.45, 2.75) is 69.7 Å². The van der Waals surface area contributed by atoms with Gasteiger partial charge in [0.1, 0.15) is 17.6 Å². The summed E-state index contributed by atoms with van der Waals surface area (Å²) in [5, 5.41) is 19.4. The lowest BCUT2D eigenvalue weighted by Gasteiger charge is -2.37. The molecule has 0 radical (unpaired) electrons. The van der Waals surface area contributed by atoms with Crippen molar-refractivity contribution in [3.63, 3.8) is 0 Å². The summed E-state index contributed by atoms with van der Waals surface area (Å²) < 4.78 is 34.2. The van der Waals surface area contributed by atoms with Crippen LogP contribution in [0.4, 0.5) is 14.7 Å². The minimum atomic E-state index is -1.04. The maximum Gasteiger partial charge on any atom is 0.255 e. The van der Waals surface area contributed by atoms with Crippen LogP contribution in [0.15, 0.2) is 36.7 Å². The topological polar surface area (TPSA) is 110 Å². The summed E-state index contributed by atoms with van der Waals surface area (Å²) in [5.41, 5.74) is 8.10. The molecule has 1 aromatic carbocycles. The van der Waals surface area contributed by atoms with Gasteiger partial charge in [-0.15, -0.1) is 10.2 Å². The molecule has 3 aromatic rings. The van der Waals surface area contributed by atoms with Gasteiger partial charge in [0.2, 0.25) is 5.95 Å². The quantitative estimate of drug-likeness (QED) is 0.364. The van der Waals surface area contributed by atoms with Crippen LogP contribution in [-0.2, 0) is 0 Å². The Balaban J connectivity index is 1.42. The van der Waals surface area contributed by atoms with Crippen molar-refractivity contribution in [2.75, 3.05) is 12.0 Å². The van der Waals surface area contributed by atoms with E-state index in [1.807, 2.05) is 18.7 Å². The van der Waals surface area contributed by atoms with Gasteiger partial charge in [-0.25, -0.2) is 14.4 Å². The second kappa shape index (κ2) is 9.81. The van der Waals surface area contributed by atoms with E-state index in [4.69, 9.17) is 10.5 Å². The highest BCUT2D eigenvalue weighted by Crippen LogP contribution is 2.40. The normalized spacial score (nSPS) is 25.9. The second-order valence-corrected chi connectivity index (χ2v) is 10.6. The highest BCUT2D eigenvalue weighted by Gasteiger charge is 2.45. The SMILES string of the molecule is COc1cc(-c2ccc(-c3cnc(N(C4CC4)[C@H]4C[C@@](C)(N)CCC(C)[C@H]4F)nn3)c(O)c2)cnc1F. The predicted molar refractivity (Wildman–Crippen MR) is 136 cm³/mol. The Hall–Kier alpha value is -3.40. The molecule has 2 aliphatic rings. The molecule has 4 atom stereocenters. The molecule has 0 amide bonds. The highest BCUT2D eigenvalue weighted by molar-refractivity contribution is 5.74. The summed E-state index contributed by atoms with van der Waals surface area (Å²) in [7, 11) is 1.36. The van der Waals surface area contributed by atoms with Crippen LogP contribution < -0.4 is 15.4 Å². The number of aromatic hydroxyl groups is 1. The number of phenols is 1. The van der Waals surface area contributed by atoms with E-state index < -0.39 is 23.7 Å². The van der Waals surface area contributed by atoms with Gasteiger partial charge in [0.15, 0.2) is 5.75 Å². The van der Waals surface area contributed by atoms with Gasteiger partial charge in [0.25, 0.3) is 5.95 Å². The summed E-state index contributed by atoms with van der Waals surface area (Å²) in [5.74, 6) is -0.452. The van der Waals surface area contributed by atoms with Crippen molar-refractivity contribution in [3.05, 3.63) is 42.6 Å². The van der Waals surface area contributed by atoms with Gasteiger partial charge >= 0.3 is 0 Å². The fourth-order valence-corrected chi connectivity index (χ4v) is 5.14. The van der Waals surface area contributed by atoms with Crippen molar-refractivity contribution in [1.82, 2.24) is 20.2 Å². The lowest BCUT2D eigenvalue weighted by Crippen LogP contribution is -2.50. The Morgan fingerprint density at radius 2 is 1.89 bits per heavy atom. The number of pyridine rings is 1. The Morgan fingerprint density at radius 3 is 2.54 bits per heavy atom. The number of methoxy groups -OCH3 is 1. The van der Waals surface area contributed by atoms with E-state index in [2.05, 4.69) is 20.2 Å². The van der Waals surface area contributed by atoms with Crippen LogP contribution in [0, 0.1) is 11.9 Å². The van der Waals surface area contributed by atoms with Gasteiger partial charge in [-0.05, 0) is 68.7 Å². The van der Waals surface area contributed by atoms with Crippen LogP contribution in [0.1, 0.15) is 46.0 Å². The summed E-state index contributed by atoms with van der Waals surface area (Å²) in [6.07, 6.45) is 5.83. The lowest BCUT2D eigenvalue weighted by molar-refractivity contribution is 0.192. The number of anilines is 1. The first kappa shape index (κ1) is 25.3. The number of nitrogens with two attached hydrogens (primary N) is 1. The van der Waals surface area contributed by atoms with Gasteiger partial charge in [0.05, 0.1) is 19.3 Å². The maximum atomic E-state index is 15.6. The van der Waals surface area contributed by atoms with Crippen molar-refractivity contribution < 1.29 is 18.6 Å². The van der Waals surface area contributed by atoms with Gasteiger partial charge in [-0.1, -0.05) is 13.0 Å². The van der Waals surface area contributed by atoms with Crippen molar-refractivity contribution in [2.24, 2.45) is 11.7 Å². The third kappa shape index (κ3) is 5.20. The first-order valence-electron chi connectivity index (χ1n) is 12.6. The number of alkyl halides is 1. The molecule has 0 bridgehead atoms. The summed E-state index contributed by atoms with van der Waals surface area (Å²) in [6, 6.07) is 6.26. The molecule has 2 heterocycles. The van der Waals surface area contributed by atoms with Gasteiger partial charge in [-0.2, -0.15) is 4.39 Å². The third-order valence-electron chi connectivity index (χ3n) is 7.47. The van der Waals surface area contributed by atoms with Gasteiger partial charge < -0.3 is 20.5 Å². The van der Waals surface area contributed by atoms with Crippen LogP contribution in [-0.4, -0.2) is 56.2 Å². The summed E-state index contributed by atoms with van der Waals surface area (Å²) >= 11 is 0. The fraction of sp³-hybridized carbons (Fsp3) is 0.481. The average molecular weight is 511 g/mol. The summed E-state index contributed by atoms with van der Waals surface area (Å²) in [6.45, 7) is 3.93. The van der Waals surface area contributed by atoms with Crippen LogP contribution in [0.5, 0.6) is 11.5 Å². The number of hydrogen-bond donors (Lipinski definition) is 2. The molecule has 2 aromatic heterocycles. The maximum absolute atomic E-state index is 15.6. The molecule has 37 heavy (non-hydrogen) atoms. The third-order valence-corrected chi connectivity index (χ3v) is 7.47. The monoisotopic (exact) mass is 510 g/mol. The Morgan fingerprint density at radius 1 is 1.11 bits per heavy atom. The molecule has 10 heteroatoms. The molecule has 196 valence electrons. The second-order valence-electron chi connectivity index (χ2n) is 10.6. The smallest absolute Gasteiger partial charge is 0.255 e. The van der Waals surface area contributed by atoms with E-state index in [1.165, 1.54) is 19.4 Å². The Kier molecular flexibility index (Phi) is 6.70. The molecule has 0 aliphatic heterocycles. The van der Waals surface area contributed by atoms with Crippen LogP contribution in [0.2, 0.25) is 0 Å². The minimum absolute atomic E-state index is 0.0143. The van der Waals surface area contributed by atoms with E-state index in [9.17, 15) is 9.50 Å². The number of hydrogen-bond acceptors (Lipinski definition) is 8. The van der Waals surface area contributed by atoms with E-state index in [0.29, 0.717) is 34.8 Å². The molecular formula is C27H32F2N6O2. The largest absolute Gasteiger partial charge is 0.507 e. The molecular weight excluding hydrogens is 478 g/mol. The van der Waals surface area contributed by atoms with Crippen LogP contribution in [0.3, 0.4) is 0 Å². The number of benzene rings is 1. The zero-order valence-electron chi connectivity index (χ0n) is 21.2. The number of phenolic OH excluding ortho intramolecular Hbond substituents is 1. The number of aromatic nitrogens is 4. The van der Waals surface area contributed by atoms with Crippen molar-refractivity contribution >= 4 is 5.95 Å². The molecule has 1 unspecified atom stereocenters. The average Bonchev–Trinajstić information content (AvgIpc) is 3.73. The van der Waals surface area contributed by atoms with E-state index >= 15 is 4.39 Å². The number of nitrogens with zero attached hydrogens (tertiary/aromatic N) is 5. The summed E-state index contributed by atoms with van der Waals surface area (Å²) in [4.78, 5) is 10.2. The van der Waals surface area contributed by atoms with E-state index in [-0.39, 0.29) is 23.5 Å². The Labute approximate surface area is 214 Å². The molecule has 5 rings (SSSR count). The molecule has 0 spiro atoms. The fourth-order valence-electron chi connectivity index (χ4n) is 5.14. The standard InChI is InChI=1S/C27H32F2N6O2/c1-15-8-9-27(2,30)12-21(24(15)28)35(18-5-6-18)26-32-14-20(33-34-26)19-7-4-16(10-22(19)36)17-11-23(37-3)25(29)31-13-17/h4,7,10-11,13-15,18,21,24,36H,5-6,8-9,12,30H2,1-3H3/t15?,21-,24+,27-/m0/s1. The molecule has 3 N–H and O–H groups in total. The first-order valence-corrected chi connectivity index (χ1v) is 12.6. The highest BCUT2D eigenvalue weighted by atomic mass is 19.1. The predicted octanol–water partition coefficient (Wildman–Crippen LogP) is 4.67.